The minimum absolute atomic E-state index is 0.179. The molecule has 18 heavy (non-hydrogen) atoms. The third kappa shape index (κ3) is 3.45. The van der Waals surface area contributed by atoms with Gasteiger partial charge in [0, 0.05) is 19.6 Å². The topological polar surface area (TPSA) is 63.4 Å². The van der Waals surface area contributed by atoms with Crippen LogP contribution in [0.5, 0.6) is 0 Å². The quantitative estimate of drug-likeness (QED) is 0.806. The van der Waals surface area contributed by atoms with Gasteiger partial charge in [0.2, 0.25) is 10.0 Å². The second kappa shape index (κ2) is 6.87. The standard InChI is InChI=1S/C13H28N2O2S/c1-4-11-6-8-12(9-7-11)15(3)18(16,17)13(5-2)10-14/h11-13H,4-10,14H2,1-3H3. The molecule has 0 aromatic carbocycles. The summed E-state index contributed by atoms with van der Waals surface area (Å²) in [5, 5.41) is -0.425. The van der Waals surface area contributed by atoms with Crippen molar-refractivity contribution in [2.75, 3.05) is 13.6 Å². The lowest BCUT2D eigenvalue weighted by Gasteiger charge is -2.35. The van der Waals surface area contributed by atoms with E-state index in [1.807, 2.05) is 6.92 Å². The molecule has 1 aliphatic carbocycles. The first kappa shape index (κ1) is 15.9. The third-order valence-corrected chi connectivity index (χ3v) is 6.92. The van der Waals surface area contributed by atoms with Crippen LogP contribution in [0.3, 0.4) is 0 Å². The van der Waals surface area contributed by atoms with Crippen LogP contribution in [0, 0.1) is 5.92 Å². The SMILES string of the molecule is CCC1CCC(N(C)S(=O)(=O)C(CC)CN)CC1. The molecule has 0 heterocycles. The molecule has 1 saturated carbocycles. The van der Waals surface area contributed by atoms with E-state index in [0.717, 1.165) is 31.6 Å². The molecule has 5 heteroatoms. The summed E-state index contributed by atoms with van der Waals surface area (Å²) in [6.45, 7) is 4.32. The fourth-order valence-corrected chi connectivity index (χ4v) is 4.62. The Balaban J connectivity index is 2.67. The number of nitrogens with zero attached hydrogens (tertiary/aromatic N) is 1. The van der Waals surface area contributed by atoms with E-state index in [1.54, 1.807) is 11.4 Å². The van der Waals surface area contributed by atoms with Gasteiger partial charge in [0.15, 0.2) is 0 Å². The lowest BCUT2D eigenvalue weighted by atomic mass is 9.85. The van der Waals surface area contributed by atoms with Crippen molar-refractivity contribution in [2.24, 2.45) is 11.7 Å². The van der Waals surface area contributed by atoms with Gasteiger partial charge in [-0.2, -0.15) is 0 Å². The molecule has 1 unspecified atom stereocenters. The van der Waals surface area contributed by atoms with E-state index in [9.17, 15) is 8.42 Å². The second-order valence-electron chi connectivity index (χ2n) is 5.41. The number of hydrogen-bond acceptors (Lipinski definition) is 3. The summed E-state index contributed by atoms with van der Waals surface area (Å²) >= 11 is 0. The van der Waals surface area contributed by atoms with Crippen molar-refractivity contribution in [1.82, 2.24) is 4.31 Å². The fraction of sp³-hybridized carbons (Fsp3) is 1.00. The van der Waals surface area contributed by atoms with Gasteiger partial charge in [-0.25, -0.2) is 12.7 Å². The maximum absolute atomic E-state index is 12.4. The Labute approximate surface area is 112 Å². The van der Waals surface area contributed by atoms with Gasteiger partial charge >= 0.3 is 0 Å². The predicted octanol–water partition coefficient (Wildman–Crippen LogP) is 1.95. The Morgan fingerprint density at radius 2 is 1.78 bits per heavy atom. The molecule has 0 amide bonds. The van der Waals surface area contributed by atoms with Crippen molar-refractivity contribution in [3.63, 3.8) is 0 Å². The minimum Gasteiger partial charge on any atom is -0.329 e. The van der Waals surface area contributed by atoms with E-state index in [0.29, 0.717) is 6.42 Å². The van der Waals surface area contributed by atoms with Crippen LogP contribution in [-0.2, 0) is 10.0 Å². The molecule has 0 spiro atoms. The van der Waals surface area contributed by atoms with Gasteiger partial charge in [0.1, 0.15) is 0 Å². The van der Waals surface area contributed by atoms with Crippen LogP contribution >= 0.6 is 0 Å². The molecule has 0 bridgehead atoms. The smallest absolute Gasteiger partial charge is 0.218 e. The average Bonchev–Trinajstić information content (AvgIpc) is 2.39. The van der Waals surface area contributed by atoms with Gasteiger partial charge in [-0.1, -0.05) is 20.3 Å². The predicted molar refractivity (Wildman–Crippen MR) is 75.9 cm³/mol. The van der Waals surface area contributed by atoms with Crippen molar-refractivity contribution < 1.29 is 8.42 Å². The number of sulfonamides is 1. The number of hydrogen-bond donors (Lipinski definition) is 1. The first-order valence-electron chi connectivity index (χ1n) is 7.14. The highest BCUT2D eigenvalue weighted by Gasteiger charge is 2.33. The molecule has 0 aromatic heterocycles. The van der Waals surface area contributed by atoms with Gasteiger partial charge in [0.25, 0.3) is 0 Å². The van der Waals surface area contributed by atoms with Gasteiger partial charge < -0.3 is 5.73 Å². The van der Waals surface area contributed by atoms with E-state index in [1.165, 1.54) is 6.42 Å². The molecule has 4 nitrogen and oxygen atoms in total. The Hall–Kier alpha value is -0.130. The summed E-state index contributed by atoms with van der Waals surface area (Å²) in [6, 6.07) is 0.179. The molecule has 0 radical (unpaired) electrons. The molecule has 1 aliphatic rings. The average molecular weight is 276 g/mol. The molecule has 108 valence electrons. The van der Waals surface area contributed by atoms with Gasteiger partial charge in [-0.15, -0.1) is 0 Å². The van der Waals surface area contributed by atoms with Crippen LogP contribution in [0.1, 0.15) is 52.4 Å². The molecule has 1 atom stereocenters. The Kier molecular flexibility index (Phi) is 6.08. The lowest BCUT2D eigenvalue weighted by Crippen LogP contribution is -2.46. The highest BCUT2D eigenvalue weighted by Crippen LogP contribution is 2.30. The van der Waals surface area contributed by atoms with Crippen molar-refractivity contribution in [2.45, 2.75) is 63.7 Å². The van der Waals surface area contributed by atoms with Crippen LogP contribution in [-0.4, -0.2) is 37.6 Å². The Bertz CT molecular complexity index is 331. The van der Waals surface area contributed by atoms with Crippen LogP contribution < -0.4 is 5.73 Å². The van der Waals surface area contributed by atoms with Gasteiger partial charge in [-0.3, -0.25) is 0 Å². The first-order chi connectivity index (χ1) is 8.47. The zero-order valence-corrected chi connectivity index (χ0v) is 12.7. The van der Waals surface area contributed by atoms with Crippen molar-refractivity contribution in [3.05, 3.63) is 0 Å². The van der Waals surface area contributed by atoms with Crippen LogP contribution in [0.4, 0.5) is 0 Å². The Morgan fingerprint density at radius 3 is 2.17 bits per heavy atom. The largest absolute Gasteiger partial charge is 0.329 e. The van der Waals surface area contributed by atoms with Gasteiger partial charge in [-0.05, 0) is 38.0 Å². The highest BCUT2D eigenvalue weighted by molar-refractivity contribution is 7.89. The molecule has 2 N–H and O–H groups in total. The molecule has 0 aliphatic heterocycles. The van der Waals surface area contributed by atoms with Crippen LogP contribution in [0.2, 0.25) is 0 Å². The highest BCUT2D eigenvalue weighted by atomic mass is 32.2. The summed E-state index contributed by atoms with van der Waals surface area (Å²) in [7, 11) is -1.49. The van der Waals surface area contributed by atoms with E-state index >= 15 is 0 Å². The zero-order valence-electron chi connectivity index (χ0n) is 11.9. The summed E-state index contributed by atoms with van der Waals surface area (Å²) in [5.41, 5.74) is 5.57. The Morgan fingerprint density at radius 1 is 1.22 bits per heavy atom. The lowest BCUT2D eigenvalue weighted by molar-refractivity contribution is 0.231. The fourth-order valence-electron chi connectivity index (χ4n) is 2.86. The summed E-state index contributed by atoms with van der Waals surface area (Å²) < 4.78 is 26.4. The van der Waals surface area contributed by atoms with E-state index < -0.39 is 15.3 Å². The van der Waals surface area contributed by atoms with Gasteiger partial charge in [0.05, 0.1) is 5.25 Å². The molecular formula is C13H28N2O2S. The van der Waals surface area contributed by atoms with Crippen molar-refractivity contribution in [1.29, 1.82) is 0 Å². The van der Waals surface area contributed by atoms with Crippen molar-refractivity contribution >= 4 is 10.0 Å². The summed E-state index contributed by atoms with van der Waals surface area (Å²) in [4.78, 5) is 0. The summed E-state index contributed by atoms with van der Waals surface area (Å²) in [5.74, 6) is 0.786. The van der Waals surface area contributed by atoms with Crippen LogP contribution in [0.25, 0.3) is 0 Å². The monoisotopic (exact) mass is 276 g/mol. The number of nitrogens with two attached hydrogens (primary N) is 1. The maximum Gasteiger partial charge on any atom is 0.218 e. The normalized spacial score (nSPS) is 27.4. The molecule has 1 rings (SSSR count). The molecule has 0 saturated heterocycles. The molecule has 1 fully saturated rings. The first-order valence-corrected chi connectivity index (χ1v) is 8.64. The molecular weight excluding hydrogens is 248 g/mol. The molecule has 0 aromatic rings. The maximum atomic E-state index is 12.4. The zero-order chi connectivity index (χ0) is 13.8. The van der Waals surface area contributed by atoms with Crippen LogP contribution in [0.15, 0.2) is 0 Å². The second-order valence-corrected chi connectivity index (χ2v) is 7.68. The summed E-state index contributed by atoms with van der Waals surface area (Å²) in [6.07, 6.45) is 6.10. The third-order valence-electron chi connectivity index (χ3n) is 4.45. The number of rotatable bonds is 6. The van der Waals surface area contributed by atoms with E-state index in [2.05, 4.69) is 6.92 Å². The van der Waals surface area contributed by atoms with Crippen molar-refractivity contribution in [3.8, 4) is 0 Å². The van der Waals surface area contributed by atoms with E-state index in [-0.39, 0.29) is 12.6 Å². The minimum atomic E-state index is -3.22. The van der Waals surface area contributed by atoms with E-state index in [4.69, 9.17) is 5.73 Å².